The molecule has 0 atom stereocenters. The Labute approximate surface area is 98.3 Å². The van der Waals surface area contributed by atoms with E-state index in [2.05, 4.69) is 24.2 Å². The highest BCUT2D eigenvalue weighted by Gasteiger charge is 2.08. The van der Waals surface area contributed by atoms with Gasteiger partial charge in [0.2, 0.25) is 0 Å². The summed E-state index contributed by atoms with van der Waals surface area (Å²) >= 11 is 1.73. The van der Waals surface area contributed by atoms with Crippen LogP contribution in [0.25, 0.3) is 10.6 Å². The third kappa shape index (κ3) is 2.10. The van der Waals surface area contributed by atoms with Crippen LogP contribution in [0.3, 0.4) is 0 Å². The van der Waals surface area contributed by atoms with Gasteiger partial charge >= 0.3 is 0 Å². The Bertz CT molecular complexity index is 475. The van der Waals surface area contributed by atoms with Crippen molar-refractivity contribution in [3.8, 4) is 10.6 Å². The van der Waals surface area contributed by atoms with Gasteiger partial charge in [0.05, 0.1) is 18.0 Å². The van der Waals surface area contributed by atoms with E-state index in [1.165, 1.54) is 4.88 Å². The van der Waals surface area contributed by atoms with Gasteiger partial charge in [-0.05, 0) is 18.6 Å². The standard InChI is InChI=1S/C11H15N3OS/c1-2-8-3-4-10(16-8)9-7-11(12)14(13-9)5-6-15/h3-4,7,15H,2,5-6,12H2,1H3. The Balaban J connectivity index is 2.29. The van der Waals surface area contributed by atoms with Gasteiger partial charge < -0.3 is 10.8 Å². The number of rotatable bonds is 4. The minimum Gasteiger partial charge on any atom is -0.394 e. The van der Waals surface area contributed by atoms with Crippen molar-refractivity contribution < 1.29 is 5.11 Å². The summed E-state index contributed by atoms with van der Waals surface area (Å²) in [4.78, 5) is 2.46. The maximum atomic E-state index is 8.85. The molecule has 0 bridgehead atoms. The Morgan fingerprint density at radius 1 is 1.50 bits per heavy atom. The van der Waals surface area contributed by atoms with Crippen LogP contribution in [-0.4, -0.2) is 21.5 Å². The number of hydrogen-bond acceptors (Lipinski definition) is 4. The minimum atomic E-state index is 0.0516. The molecule has 0 unspecified atom stereocenters. The molecule has 0 fully saturated rings. The van der Waals surface area contributed by atoms with Crippen molar-refractivity contribution in [1.82, 2.24) is 9.78 Å². The van der Waals surface area contributed by atoms with Crippen molar-refractivity contribution in [3.05, 3.63) is 23.1 Å². The molecule has 0 aliphatic rings. The molecule has 16 heavy (non-hydrogen) atoms. The van der Waals surface area contributed by atoms with E-state index >= 15 is 0 Å². The molecule has 2 rings (SSSR count). The number of aromatic nitrogens is 2. The summed E-state index contributed by atoms with van der Waals surface area (Å²) in [6.45, 7) is 2.63. The Morgan fingerprint density at radius 2 is 2.31 bits per heavy atom. The first-order chi connectivity index (χ1) is 7.74. The van der Waals surface area contributed by atoms with Gasteiger partial charge in [0, 0.05) is 10.9 Å². The lowest BCUT2D eigenvalue weighted by Crippen LogP contribution is -2.07. The second-order valence-corrected chi connectivity index (χ2v) is 4.69. The summed E-state index contributed by atoms with van der Waals surface area (Å²) in [6.07, 6.45) is 1.04. The van der Waals surface area contributed by atoms with Gasteiger partial charge in [-0.3, -0.25) is 0 Å². The van der Waals surface area contributed by atoms with Gasteiger partial charge in [0.15, 0.2) is 0 Å². The molecule has 0 spiro atoms. The largest absolute Gasteiger partial charge is 0.394 e. The van der Waals surface area contributed by atoms with E-state index in [-0.39, 0.29) is 6.61 Å². The molecule has 2 heterocycles. The number of nitrogens with zero attached hydrogens (tertiary/aromatic N) is 2. The summed E-state index contributed by atoms with van der Waals surface area (Å²) in [5.74, 6) is 0.593. The number of hydrogen-bond donors (Lipinski definition) is 2. The number of anilines is 1. The van der Waals surface area contributed by atoms with Crippen molar-refractivity contribution in [2.24, 2.45) is 0 Å². The predicted molar refractivity (Wildman–Crippen MR) is 66.4 cm³/mol. The second kappa shape index (κ2) is 4.67. The first-order valence-corrected chi connectivity index (χ1v) is 6.09. The monoisotopic (exact) mass is 237 g/mol. The normalized spacial score (nSPS) is 10.9. The van der Waals surface area contributed by atoms with Gasteiger partial charge in [-0.25, -0.2) is 4.68 Å². The number of aliphatic hydroxyl groups excluding tert-OH is 1. The minimum absolute atomic E-state index is 0.0516. The third-order valence-electron chi connectivity index (χ3n) is 2.39. The summed E-state index contributed by atoms with van der Waals surface area (Å²) in [7, 11) is 0. The molecule has 0 saturated heterocycles. The van der Waals surface area contributed by atoms with Crippen LogP contribution in [0.4, 0.5) is 5.82 Å². The molecule has 4 nitrogen and oxygen atoms in total. The fourth-order valence-electron chi connectivity index (χ4n) is 1.53. The molecule has 2 aromatic heterocycles. The van der Waals surface area contributed by atoms with Crippen LogP contribution in [0.5, 0.6) is 0 Å². The van der Waals surface area contributed by atoms with Crippen LogP contribution in [0.15, 0.2) is 18.2 Å². The fourth-order valence-corrected chi connectivity index (χ4v) is 2.43. The molecule has 0 aliphatic heterocycles. The summed E-state index contributed by atoms with van der Waals surface area (Å²) < 4.78 is 1.63. The molecule has 0 amide bonds. The van der Waals surface area contributed by atoms with Crippen molar-refractivity contribution in [3.63, 3.8) is 0 Å². The van der Waals surface area contributed by atoms with E-state index in [1.807, 2.05) is 6.07 Å². The highest BCUT2D eigenvalue weighted by molar-refractivity contribution is 7.15. The molecule has 0 saturated carbocycles. The number of nitrogens with two attached hydrogens (primary N) is 1. The smallest absolute Gasteiger partial charge is 0.122 e. The van der Waals surface area contributed by atoms with E-state index < -0.39 is 0 Å². The maximum absolute atomic E-state index is 8.85. The lowest BCUT2D eigenvalue weighted by Gasteiger charge is -1.98. The Morgan fingerprint density at radius 3 is 2.94 bits per heavy atom. The van der Waals surface area contributed by atoms with E-state index in [0.717, 1.165) is 17.0 Å². The summed E-state index contributed by atoms with van der Waals surface area (Å²) in [6, 6.07) is 6.02. The molecular formula is C11H15N3OS. The van der Waals surface area contributed by atoms with Gasteiger partial charge in [0.25, 0.3) is 0 Å². The Hall–Kier alpha value is -1.33. The average molecular weight is 237 g/mol. The van der Waals surface area contributed by atoms with E-state index in [9.17, 15) is 0 Å². The van der Waals surface area contributed by atoms with Crippen LogP contribution in [0.1, 0.15) is 11.8 Å². The highest BCUT2D eigenvalue weighted by atomic mass is 32.1. The number of aliphatic hydroxyl groups is 1. The van der Waals surface area contributed by atoms with E-state index in [1.54, 1.807) is 16.0 Å². The van der Waals surface area contributed by atoms with Crippen LogP contribution in [-0.2, 0) is 13.0 Å². The van der Waals surface area contributed by atoms with Crippen molar-refractivity contribution >= 4 is 17.2 Å². The molecule has 0 aliphatic carbocycles. The lowest BCUT2D eigenvalue weighted by atomic mass is 10.3. The zero-order valence-electron chi connectivity index (χ0n) is 9.18. The van der Waals surface area contributed by atoms with Crippen LogP contribution in [0, 0.1) is 0 Å². The summed E-state index contributed by atoms with van der Waals surface area (Å²) in [5.41, 5.74) is 6.68. The van der Waals surface area contributed by atoms with Gasteiger partial charge in [-0.1, -0.05) is 6.92 Å². The molecular weight excluding hydrogens is 222 g/mol. The van der Waals surface area contributed by atoms with Crippen LogP contribution >= 0.6 is 11.3 Å². The highest BCUT2D eigenvalue weighted by Crippen LogP contribution is 2.28. The Kier molecular flexibility index (Phi) is 3.26. The number of aryl methyl sites for hydroxylation is 1. The molecule has 2 aromatic rings. The molecule has 3 N–H and O–H groups in total. The number of nitrogen functional groups attached to an aromatic ring is 1. The third-order valence-corrected chi connectivity index (χ3v) is 3.64. The van der Waals surface area contributed by atoms with E-state index in [0.29, 0.717) is 12.4 Å². The molecule has 0 radical (unpaired) electrons. The number of thiophene rings is 1. The zero-order chi connectivity index (χ0) is 11.5. The molecule has 0 aromatic carbocycles. The first kappa shape index (κ1) is 11.2. The quantitative estimate of drug-likeness (QED) is 0.851. The van der Waals surface area contributed by atoms with Gasteiger partial charge in [-0.2, -0.15) is 5.10 Å². The fraction of sp³-hybridized carbons (Fsp3) is 0.364. The van der Waals surface area contributed by atoms with Crippen molar-refractivity contribution in [2.45, 2.75) is 19.9 Å². The zero-order valence-corrected chi connectivity index (χ0v) is 10.00. The van der Waals surface area contributed by atoms with Gasteiger partial charge in [0.1, 0.15) is 11.5 Å². The average Bonchev–Trinajstić information content (AvgIpc) is 2.86. The predicted octanol–water partition coefficient (Wildman–Crippen LogP) is 1.75. The van der Waals surface area contributed by atoms with Crippen LogP contribution < -0.4 is 5.73 Å². The van der Waals surface area contributed by atoms with Crippen LogP contribution in [0.2, 0.25) is 0 Å². The van der Waals surface area contributed by atoms with E-state index in [4.69, 9.17) is 10.8 Å². The topological polar surface area (TPSA) is 64.1 Å². The maximum Gasteiger partial charge on any atom is 0.122 e. The molecule has 5 heteroatoms. The van der Waals surface area contributed by atoms with Crippen molar-refractivity contribution in [1.29, 1.82) is 0 Å². The molecule has 86 valence electrons. The second-order valence-electron chi connectivity index (χ2n) is 3.52. The van der Waals surface area contributed by atoms with Gasteiger partial charge in [-0.15, -0.1) is 11.3 Å². The van der Waals surface area contributed by atoms with Crippen molar-refractivity contribution in [2.75, 3.05) is 12.3 Å². The SMILES string of the molecule is CCc1ccc(-c2cc(N)n(CCO)n2)s1. The lowest BCUT2D eigenvalue weighted by molar-refractivity contribution is 0.270. The first-order valence-electron chi connectivity index (χ1n) is 5.28. The summed E-state index contributed by atoms with van der Waals surface area (Å²) in [5, 5.41) is 13.2.